The fourth-order valence-corrected chi connectivity index (χ4v) is 1.48. The van der Waals surface area contributed by atoms with E-state index in [0.29, 0.717) is 11.3 Å². The lowest BCUT2D eigenvalue weighted by molar-refractivity contribution is 0.100. The maximum atomic E-state index is 11.8. The van der Waals surface area contributed by atoms with Crippen LogP contribution in [-0.2, 0) is 0 Å². The number of carbonyl (C=O) groups is 2. The number of aromatic nitrogens is 2. The minimum Gasteiger partial charge on any atom is -0.325 e. The molecule has 0 aliphatic rings. The van der Waals surface area contributed by atoms with Gasteiger partial charge in [0.15, 0.2) is 5.78 Å². The molecule has 1 heterocycles. The Labute approximate surface area is 108 Å². The molecule has 0 unspecified atom stereocenters. The van der Waals surface area contributed by atoms with Crippen molar-refractivity contribution in [1.82, 2.24) is 9.97 Å². The Bertz CT molecular complexity index is 671. The number of rotatable bonds is 3. The van der Waals surface area contributed by atoms with Crippen LogP contribution in [-0.4, -0.2) is 21.7 Å². The number of carbonyl (C=O) groups excluding carboxylic acids is 2. The third kappa shape index (κ3) is 3.12. The number of hydrogen-bond acceptors (Lipinski definition) is 4. The summed E-state index contributed by atoms with van der Waals surface area (Å²) in [7, 11) is 0. The van der Waals surface area contributed by atoms with Crippen LogP contribution in [0.3, 0.4) is 0 Å². The molecule has 96 valence electrons. The van der Waals surface area contributed by atoms with E-state index in [1.165, 1.54) is 13.1 Å². The van der Waals surface area contributed by atoms with Gasteiger partial charge in [-0.25, -0.2) is 4.98 Å². The molecule has 0 aliphatic heterocycles. The summed E-state index contributed by atoms with van der Waals surface area (Å²) in [5.74, 6) is -0.546. The van der Waals surface area contributed by atoms with Crippen LogP contribution in [0.25, 0.3) is 0 Å². The number of hydrogen-bond donors (Lipinski definition) is 2. The van der Waals surface area contributed by atoms with E-state index < -0.39 is 5.91 Å². The van der Waals surface area contributed by atoms with E-state index in [1.54, 1.807) is 24.3 Å². The van der Waals surface area contributed by atoms with Crippen molar-refractivity contribution in [2.75, 3.05) is 5.32 Å². The van der Waals surface area contributed by atoms with E-state index in [-0.39, 0.29) is 17.0 Å². The van der Waals surface area contributed by atoms with Gasteiger partial charge in [0.05, 0.1) is 6.20 Å². The number of nitrogens with one attached hydrogen (secondary N) is 2. The van der Waals surface area contributed by atoms with Crippen molar-refractivity contribution in [3.8, 4) is 0 Å². The van der Waals surface area contributed by atoms with Crippen molar-refractivity contribution in [3.63, 3.8) is 0 Å². The van der Waals surface area contributed by atoms with Crippen molar-refractivity contribution in [3.05, 3.63) is 58.3 Å². The van der Waals surface area contributed by atoms with Gasteiger partial charge in [-0.1, -0.05) is 12.1 Å². The first kappa shape index (κ1) is 12.7. The summed E-state index contributed by atoms with van der Waals surface area (Å²) in [6, 6.07) is 6.57. The second kappa shape index (κ2) is 5.26. The molecule has 1 aromatic carbocycles. The van der Waals surface area contributed by atoms with Crippen molar-refractivity contribution < 1.29 is 9.59 Å². The van der Waals surface area contributed by atoms with Gasteiger partial charge >= 0.3 is 0 Å². The quantitative estimate of drug-likeness (QED) is 0.809. The molecule has 1 aromatic heterocycles. The van der Waals surface area contributed by atoms with Crippen molar-refractivity contribution in [1.29, 1.82) is 0 Å². The Morgan fingerprint density at radius 1 is 1.32 bits per heavy atom. The minimum atomic E-state index is -0.461. The first-order valence-corrected chi connectivity index (χ1v) is 5.53. The molecule has 0 saturated heterocycles. The molecule has 2 rings (SSSR count). The highest BCUT2D eigenvalue weighted by Crippen LogP contribution is 2.11. The number of H-pyrrole nitrogens is 1. The smallest absolute Gasteiger partial charge is 0.275 e. The highest BCUT2D eigenvalue weighted by Gasteiger charge is 2.08. The number of aromatic amines is 1. The number of anilines is 1. The van der Waals surface area contributed by atoms with E-state index in [1.807, 2.05) is 0 Å². The fraction of sp³-hybridized carbons (Fsp3) is 0.0769. The lowest BCUT2D eigenvalue weighted by atomic mass is 10.1. The molecule has 0 bridgehead atoms. The largest absolute Gasteiger partial charge is 0.325 e. The highest BCUT2D eigenvalue weighted by atomic mass is 16.2. The molecule has 0 atom stereocenters. The van der Waals surface area contributed by atoms with Crippen LogP contribution >= 0.6 is 0 Å². The van der Waals surface area contributed by atoms with E-state index in [0.717, 1.165) is 6.20 Å². The summed E-state index contributed by atoms with van der Waals surface area (Å²) in [5, 5.41) is 2.60. The zero-order chi connectivity index (χ0) is 13.8. The molecule has 6 heteroatoms. The lowest BCUT2D eigenvalue weighted by Crippen LogP contribution is -2.17. The van der Waals surface area contributed by atoms with Crippen molar-refractivity contribution >= 4 is 17.4 Å². The molecular formula is C13H11N3O3. The fourth-order valence-electron chi connectivity index (χ4n) is 1.48. The average molecular weight is 257 g/mol. The van der Waals surface area contributed by atoms with Gasteiger partial charge in [0, 0.05) is 17.4 Å². The van der Waals surface area contributed by atoms with Crippen LogP contribution in [0.5, 0.6) is 0 Å². The summed E-state index contributed by atoms with van der Waals surface area (Å²) in [4.78, 5) is 40.0. The molecule has 0 spiro atoms. The number of benzene rings is 1. The maximum Gasteiger partial charge on any atom is 0.275 e. The zero-order valence-electron chi connectivity index (χ0n) is 10.1. The van der Waals surface area contributed by atoms with E-state index in [4.69, 9.17) is 0 Å². The maximum absolute atomic E-state index is 11.8. The van der Waals surface area contributed by atoms with Gasteiger partial charge in [-0.05, 0) is 19.1 Å². The van der Waals surface area contributed by atoms with Crippen molar-refractivity contribution in [2.24, 2.45) is 0 Å². The normalized spacial score (nSPS) is 9.95. The third-order valence-electron chi connectivity index (χ3n) is 2.43. The van der Waals surface area contributed by atoms with Crippen molar-refractivity contribution in [2.45, 2.75) is 6.92 Å². The standard InChI is InChI=1S/C13H11N3O3/c1-8(17)9-3-2-4-10(5-9)16-13(19)11-6-15-12(18)7-14-11/h2-7H,1H3,(H,15,18)(H,16,19). The Morgan fingerprint density at radius 3 is 2.74 bits per heavy atom. The van der Waals surface area contributed by atoms with Crippen LogP contribution in [0.15, 0.2) is 41.5 Å². The summed E-state index contributed by atoms with van der Waals surface area (Å²) >= 11 is 0. The Kier molecular flexibility index (Phi) is 3.51. The average Bonchev–Trinajstić information content (AvgIpc) is 2.39. The number of Topliss-reactive ketones (excluding diaryl/α,β-unsaturated/α-hetero) is 1. The first-order valence-electron chi connectivity index (χ1n) is 5.53. The van der Waals surface area contributed by atoms with Gasteiger partial charge in [0.25, 0.3) is 11.5 Å². The zero-order valence-corrected chi connectivity index (χ0v) is 10.1. The molecule has 2 aromatic rings. The molecular weight excluding hydrogens is 246 g/mol. The Morgan fingerprint density at radius 2 is 2.11 bits per heavy atom. The molecule has 0 fully saturated rings. The predicted octanol–water partition coefficient (Wildman–Crippen LogP) is 1.22. The van der Waals surface area contributed by atoms with Gasteiger partial charge in [-0.2, -0.15) is 0 Å². The van der Waals surface area contributed by atoms with Crippen LogP contribution in [0.1, 0.15) is 27.8 Å². The molecule has 0 radical (unpaired) electrons. The lowest BCUT2D eigenvalue weighted by Gasteiger charge is -2.05. The van der Waals surface area contributed by atoms with Gasteiger partial charge in [0.1, 0.15) is 5.69 Å². The summed E-state index contributed by atoms with van der Waals surface area (Å²) in [6.45, 7) is 1.45. The summed E-state index contributed by atoms with van der Waals surface area (Å²) in [6.07, 6.45) is 2.26. The van der Waals surface area contributed by atoms with Crippen LogP contribution in [0, 0.1) is 0 Å². The van der Waals surface area contributed by atoms with Crippen LogP contribution in [0.4, 0.5) is 5.69 Å². The first-order chi connectivity index (χ1) is 9.06. The minimum absolute atomic E-state index is 0.0849. The van der Waals surface area contributed by atoms with E-state index in [9.17, 15) is 14.4 Å². The molecule has 1 amide bonds. The molecule has 6 nitrogen and oxygen atoms in total. The van der Waals surface area contributed by atoms with Crippen LogP contribution in [0.2, 0.25) is 0 Å². The van der Waals surface area contributed by atoms with E-state index in [2.05, 4.69) is 15.3 Å². The monoisotopic (exact) mass is 257 g/mol. The molecule has 19 heavy (non-hydrogen) atoms. The molecule has 0 aliphatic carbocycles. The van der Waals surface area contributed by atoms with Gasteiger partial charge in [-0.3, -0.25) is 14.4 Å². The third-order valence-corrected chi connectivity index (χ3v) is 2.43. The highest BCUT2D eigenvalue weighted by molar-refractivity contribution is 6.03. The molecule has 2 N–H and O–H groups in total. The van der Waals surface area contributed by atoms with Gasteiger partial charge in [-0.15, -0.1) is 0 Å². The SMILES string of the molecule is CC(=O)c1cccc(NC(=O)c2c[nH]c(=O)cn2)c1. The Hall–Kier alpha value is -2.76. The van der Waals surface area contributed by atoms with Gasteiger partial charge in [0.2, 0.25) is 0 Å². The Balaban J connectivity index is 2.19. The second-order valence-electron chi connectivity index (χ2n) is 3.89. The number of ketones is 1. The second-order valence-corrected chi connectivity index (χ2v) is 3.89. The number of nitrogens with zero attached hydrogens (tertiary/aromatic N) is 1. The molecule has 0 saturated carbocycles. The van der Waals surface area contributed by atoms with Crippen LogP contribution < -0.4 is 10.9 Å². The van der Waals surface area contributed by atoms with Gasteiger partial charge < -0.3 is 10.3 Å². The summed E-state index contributed by atoms with van der Waals surface area (Å²) < 4.78 is 0. The predicted molar refractivity (Wildman–Crippen MR) is 69.3 cm³/mol. The summed E-state index contributed by atoms with van der Waals surface area (Å²) in [5.41, 5.74) is 0.709. The van der Waals surface area contributed by atoms with E-state index >= 15 is 0 Å². The number of amides is 1. The topological polar surface area (TPSA) is 91.9 Å².